The van der Waals surface area contributed by atoms with Crippen molar-refractivity contribution in [1.29, 1.82) is 0 Å². The van der Waals surface area contributed by atoms with Crippen molar-refractivity contribution in [3.05, 3.63) is 24.3 Å². The van der Waals surface area contributed by atoms with E-state index in [2.05, 4.69) is 9.46 Å². The molecule has 0 spiro atoms. The van der Waals surface area contributed by atoms with Crippen LogP contribution in [0.3, 0.4) is 0 Å². The fourth-order valence-electron chi connectivity index (χ4n) is 3.81. The van der Waals surface area contributed by atoms with Crippen LogP contribution in [0.15, 0.2) is 29.2 Å². The van der Waals surface area contributed by atoms with E-state index < -0.39 is 28.3 Å². The van der Waals surface area contributed by atoms with Crippen LogP contribution in [-0.2, 0) is 28.9 Å². The van der Waals surface area contributed by atoms with Crippen LogP contribution in [0.2, 0.25) is 0 Å². The molecule has 1 aromatic rings. The lowest BCUT2D eigenvalue weighted by atomic mass is 9.79. The third kappa shape index (κ3) is 8.66. The maximum Gasteiger partial charge on any atom is 0.494 e. The molecule has 192 valence electrons. The van der Waals surface area contributed by atoms with Crippen LogP contribution in [0.1, 0.15) is 91.9 Å². The van der Waals surface area contributed by atoms with Gasteiger partial charge in [0.2, 0.25) is 10.0 Å². The number of hydrogen-bond donors (Lipinski definition) is 1. The molecule has 2 rings (SSSR count). The maximum absolute atomic E-state index is 12.6. The molecule has 7 nitrogen and oxygen atoms in total. The van der Waals surface area contributed by atoms with Crippen molar-refractivity contribution in [2.24, 2.45) is 0 Å². The summed E-state index contributed by atoms with van der Waals surface area (Å²) in [4.78, 5) is 11.3. The topological polar surface area (TPSA) is 90.9 Å². The Kier molecular flexibility index (Phi) is 11.1. The second-order valence-electron chi connectivity index (χ2n) is 10.1. The Morgan fingerprint density at radius 1 is 0.853 bits per heavy atom. The van der Waals surface area contributed by atoms with E-state index >= 15 is 0 Å². The highest BCUT2D eigenvalue weighted by atomic mass is 32.2. The number of nitrogens with one attached hydrogen (secondary N) is 1. The van der Waals surface area contributed by atoms with Crippen molar-refractivity contribution >= 4 is 28.6 Å². The van der Waals surface area contributed by atoms with Crippen LogP contribution in [0.5, 0.6) is 0 Å². The summed E-state index contributed by atoms with van der Waals surface area (Å²) in [5.74, 6) is -0.130. The number of hydrogen-bond acceptors (Lipinski definition) is 6. The first kappa shape index (κ1) is 28.8. The Hall–Kier alpha value is -1.42. The summed E-state index contributed by atoms with van der Waals surface area (Å²) in [6.45, 7) is 8.41. The van der Waals surface area contributed by atoms with E-state index in [0.717, 1.165) is 50.4 Å². The molecule has 1 fully saturated rings. The molecule has 0 unspecified atom stereocenters. The predicted octanol–water partition coefficient (Wildman–Crippen LogP) is 4.34. The molecule has 1 aliphatic heterocycles. The highest BCUT2D eigenvalue weighted by Gasteiger charge is 2.51. The highest BCUT2D eigenvalue weighted by molar-refractivity contribution is 7.89. The summed E-state index contributed by atoms with van der Waals surface area (Å²) in [6, 6.07) is 6.72. The van der Waals surface area contributed by atoms with Crippen molar-refractivity contribution in [2.75, 3.05) is 13.7 Å². The molecule has 0 aliphatic carbocycles. The second-order valence-corrected chi connectivity index (χ2v) is 11.8. The van der Waals surface area contributed by atoms with E-state index in [0.29, 0.717) is 13.0 Å². The summed E-state index contributed by atoms with van der Waals surface area (Å²) in [6.07, 6.45) is 10.1. The van der Waals surface area contributed by atoms with Crippen LogP contribution >= 0.6 is 0 Å². The number of carbonyl (C=O) groups excluding carboxylic acids is 1. The zero-order chi connectivity index (χ0) is 25.2. The third-order valence-corrected chi connectivity index (χ3v) is 8.27. The summed E-state index contributed by atoms with van der Waals surface area (Å²) in [5.41, 5.74) is -0.0631. The Morgan fingerprint density at radius 2 is 1.32 bits per heavy atom. The van der Waals surface area contributed by atoms with Crippen molar-refractivity contribution in [3.8, 4) is 0 Å². The number of methoxy groups -OCH3 is 1. The number of unbranched alkanes of at least 4 members (excludes halogenated alkanes) is 8. The van der Waals surface area contributed by atoms with Gasteiger partial charge in [-0.05, 0) is 58.1 Å². The van der Waals surface area contributed by atoms with E-state index in [9.17, 15) is 13.2 Å². The largest absolute Gasteiger partial charge is 0.494 e. The van der Waals surface area contributed by atoms with Crippen LogP contribution in [-0.4, -0.2) is 46.4 Å². The monoisotopic (exact) mass is 495 g/mol. The second kappa shape index (κ2) is 13.0. The van der Waals surface area contributed by atoms with Gasteiger partial charge in [0, 0.05) is 13.0 Å². The first-order valence-corrected chi connectivity index (χ1v) is 14.0. The summed E-state index contributed by atoms with van der Waals surface area (Å²) in [7, 11) is -2.61. The molecule has 34 heavy (non-hydrogen) atoms. The molecule has 1 aromatic carbocycles. The predicted molar refractivity (Wildman–Crippen MR) is 136 cm³/mol. The van der Waals surface area contributed by atoms with Gasteiger partial charge in [0.1, 0.15) is 0 Å². The van der Waals surface area contributed by atoms with Crippen LogP contribution < -0.4 is 10.2 Å². The van der Waals surface area contributed by atoms with Crippen LogP contribution in [0, 0.1) is 0 Å². The first-order valence-electron chi connectivity index (χ1n) is 12.5. The average molecular weight is 495 g/mol. The summed E-state index contributed by atoms with van der Waals surface area (Å²) < 4.78 is 44.6. The molecule has 0 radical (unpaired) electrons. The number of ether oxygens (including phenoxy) is 1. The van der Waals surface area contributed by atoms with Crippen molar-refractivity contribution in [2.45, 2.75) is 108 Å². The molecule has 0 atom stereocenters. The van der Waals surface area contributed by atoms with Gasteiger partial charge >= 0.3 is 13.1 Å². The van der Waals surface area contributed by atoms with Gasteiger partial charge < -0.3 is 14.0 Å². The van der Waals surface area contributed by atoms with E-state index in [1.807, 2.05) is 27.7 Å². The normalized spacial score (nSPS) is 17.1. The molecule has 1 aliphatic rings. The van der Waals surface area contributed by atoms with Gasteiger partial charge in [-0.25, -0.2) is 13.1 Å². The Bertz CT molecular complexity index is 854. The molecule has 1 N–H and O–H groups in total. The number of esters is 1. The number of sulfonamides is 1. The summed E-state index contributed by atoms with van der Waals surface area (Å²) in [5, 5.41) is 0. The van der Waals surface area contributed by atoms with Gasteiger partial charge in [-0.2, -0.15) is 0 Å². The van der Waals surface area contributed by atoms with Crippen molar-refractivity contribution in [3.63, 3.8) is 0 Å². The number of carbonyl (C=O) groups is 1. The number of rotatable bonds is 15. The number of benzene rings is 1. The molecule has 1 saturated heterocycles. The zero-order valence-corrected chi connectivity index (χ0v) is 22.3. The highest BCUT2D eigenvalue weighted by Crippen LogP contribution is 2.36. The van der Waals surface area contributed by atoms with Crippen molar-refractivity contribution < 1.29 is 27.3 Å². The average Bonchev–Trinajstić information content (AvgIpc) is 3.01. The van der Waals surface area contributed by atoms with E-state index in [4.69, 9.17) is 9.31 Å². The lowest BCUT2D eigenvalue weighted by Gasteiger charge is -2.32. The SMILES string of the molecule is COC(=O)CCCCCCCCCCCNS(=O)(=O)c1ccc(B2OC(C)(C)C(C)(C)O2)cc1. The Balaban J connectivity index is 1.61. The molecule has 0 saturated carbocycles. The van der Waals surface area contributed by atoms with Gasteiger partial charge in [0.05, 0.1) is 23.2 Å². The fraction of sp³-hybridized carbons (Fsp3) is 0.720. The van der Waals surface area contributed by atoms with E-state index in [1.54, 1.807) is 24.3 Å². The lowest BCUT2D eigenvalue weighted by Crippen LogP contribution is -2.41. The van der Waals surface area contributed by atoms with Gasteiger partial charge in [0.15, 0.2) is 0 Å². The van der Waals surface area contributed by atoms with Crippen LogP contribution in [0.4, 0.5) is 0 Å². The smallest absolute Gasteiger partial charge is 0.469 e. The fourth-order valence-corrected chi connectivity index (χ4v) is 4.88. The first-order chi connectivity index (χ1) is 16.0. The lowest BCUT2D eigenvalue weighted by molar-refractivity contribution is -0.140. The molecule has 0 bridgehead atoms. The minimum absolute atomic E-state index is 0.130. The quantitative estimate of drug-likeness (QED) is 0.221. The molecule has 9 heteroatoms. The molecule has 0 aromatic heterocycles. The van der Waals surface area contributed by atoms with Crippen molar-refractivity contribution in [1.82, 2.24) is 4.72 Å². The Labute approximate surface area is 206 Å². The minimum Gasteiger partial charge on any atom is -0.469 e. The third-order valence-electron chi connectivity index (χ3n) is 6.79. The van der Waals surface area contributed by atoms with Gasteiger partial charge in [0.25, 0.3) is 0 Å². The minimum atomic E-state index is -3.53. The molecule has 0 amide bonds. The maximum atomic E-state index is 12.6. The zero-order valence-electron chi connectivity index (χ0n) is 21.5. The van der Waals surface area contributed by atoms with E-state index in [1.165, 1.54) is 20.0 Å². The van der Waals surface area contributed by atoms with E-state index in [-0.39, 0.29) is 10.9 Å². The van der Waals surface area contributed by atoms with Gasteiger partial charge in [-0.1, -0.05) is 57.1 Å². The van der Waals surface area contributed by atoms with Gasteiger partial charge in [-0.3, -0.25) is 4.79 Å². The Morgan fingerprint density at radius 3 is 1.82 bits per heavy atom. The standard InChI is InChI=1S/C25H42BNO6S/c1-24(2)25(3,4)33-26(32-24)21-16-18-22(19-17-21)34(29,30)27-20-14-12-10-8-6-7-9-11-13-15-23(28)31-5/h16-19,27H,6-15,20H2,1-5H3. The van der Waals surface area contributed by atoms with Gasteiger partial charge in [-0.15, -0.1) is 0 Å². The van der Waals surface area contributed by atoms with Crippen LogP contribution in [0.25, 0.3) is 0 Å². The molecule has 1 heterocycles. The molecular formula is C25H42BNO6S. The summed E-state index contributed by atoms with van der Waals surface area (Å²) >= 11 is 0. The molecular weight excluding hydrogens is 453 g/mol.